The van der Waals surface area contributed by atoms with Crippen LogP contribution in [0.4, 0.5) is 0 Å². The van der Waals surface area contributed by atoms with E-state index in [2.05, 4.69) is 69.4 Å². The minimum atomic E-state index is -0.778. The Hall–Kier alpha value is -2.63. The Morgan fingerprint density at radius 2 is 0.506 bits per heavy atom. The van der Waals surface area contributed by atoms with E-state index in [1.54, 1.807) is 0 Å². The fourth-order valence-electron chi connectivity index (χ4n) is 10.2. The van der Waals surface area contributed by atoms with Gasteiger partial charge in [0.1, 0.15) is 13.2 Å². The van der Waals surface area contributed by atoms with Crippen LogP contribution in [0, 0.1) is 0 Å². The maximum atomic E-state index is 12.8. The van der Waals surface area contributed by atoms with Gasteiger partial charge in [-0.3, -0.25) is 14.4 Å². The van der Waals surface area contributed by atoms with Crippen LogP contribution in [-0.2, 0) is 28.6 Å². The fraction of sp³-hybridized carbons (Fsp3) is 0.845. The molecule has 77 heavy (non-hydrogen) atoms. The van der Waals surface area contributed by atoms with Crippen LogP contribution in [0.3, 0.4) is 0 Å². The van der Waals surface area contributed by atoms with Crippen LogP contribution >= 0.6 is 0 Å². The third-order valence-corrected chi connectivity index (χ3v) is 15.3. The zero-order chi connectivity index (χ0) is 55.7. The molecule has 0 saturated heterocycles. The number of hydrogen-bond donors (Lipinski definition) is 0. The van der Waals surface area contributed by atoms with Gasteiger partial charge in [0.2, 0.25) is 0 Å². The molecule has 0 fully saturated rings. The lowest BCUT2D eigenvalue weighted by Crippen LogP contribution is -2.30. The topological polar surface area (TPSA) is 78.9 Å². The van der Waals surface area contributed by atoms with Gasteiger partial charge in [-0.25, -0.2) is 0 Å². The molecular formula is C71H130O6. The van der Waals surface area contributed by atoms with E-state index in [1.807, 2.05) is 0 Å². The Balaban J connectivity index is 3.97. The number of allylic oxidation sites excluding steroid dienone is 8. The minimum absolute atomic E-state index is 0.0758. The van der Waals surface area contributed by atoms with E-state index in [1.165, 1.54) is 231 Å². The van der Waals surface area contributed by atoms with E-state index in [4.69, 9.17) is 14.2 Å². The summed E-state index contributed by atoms with van der Waals surface area (Å²) in [5.41, 5.74) is 0. The van der Waals surface area contributed by atoms with Gasteiger partial charge in [0.25, 0.3) is 0 Å². The maximum absolute atomic E-state index is 12.8. The SMILES string of the molecule is CC/C=C\C/C=C\C/C=C\CCCCCCCC(=O)OC(COC(=O)CCCCCCCCCCC)COC(=O)CCCCCCCCCCCCCCCCCCCCCCCCC/C=C\CCCCCCCCCC. The van der Waals surface area contributed by atoms with Gasteiger partial charge >= 0.3 is 17.9 Å². The molecular weight excluding hydrogens is 949 g/mol. The molecule has 0 bridgehead atoms. The third kappa shape index (κ3) is 64.1. The van der Waals surface area contributed by atoms with Crippen LogP contribution < -0.4 is 0 Å². The average molecular weight is 1080 g/mol. The lowest BCUT2D eigenvalue weighted by atomic mass is 10.0. The molecule has 0 aromatic carbocycles. The van der Waals surface area contributed by atoms with Crippen molar-refractivity contribution in [3.05, 3.63) is 48.6 Å². The van der Waals surface area contributed by atoms with E-state index in [0.717, 1.165) is 96.3 Å². The van der Waals surface area contributed by atoms with Gasteiger partial charge in [-0.15, -0.1) is 0 Å². The monoisotopic (exact) mass is 1080 g/mol. The first-order valence-electron chi connectivity index (χ1n) is 34.1. The zero-order valence-corrected chi connectivity index (χ0v) is 51.7. The van der Waals surface area contributed by atoms with Crippen molar-refractivity contribution in [2.24, 2.45) is 0 Å². The summed E-state index contributed by atoms with van der Waals surface area (Å²) in [5, 5.41) is 0. The summed E-state index contributed by atoms with van der Waals surface area (Å²) in [6.07, 6.45) is 83.2. The molecule has 0 radical (unpaired) electrons. The van der Waals surface area contributed by atoms with Crippen LogP contribution in [0.5, 0.6) is 0 Å². The second-order valence-corrected chi connectivity index (χ2v) is 23.1. The van der Waals surface area contributed by atoms with Gasteiger partial charge in [0.05, 0.1) is 0 Å². The number of hydrogen-bond acceptors (Lipinski definition) is 6. The molecule has 450 valence electrons. The smallest absolute Gasteiger partial charge is 0.306 e. The quantitative estimate of drug-likeness (QED) is 0.0261. The van der Waals surface area contributed by atoms with Crippen molar-refractivity contribution >= 4 is 17.9 Å². The Labute approximate surface area is 479 Å². The average Bonchev–Trinajstić information content (AvgIpc) is 3.43. The van der Waals surface area contributed by atoms with Crippen molar-refractivity contribution in [2.75, 3.05) is 13.2 Å². The highest BCUT2D eigenvalue weighted by atomic mass is 16.6. The van der Waals surface area contributed by atoms with E-state index >= 15 is 0 Å². The van der Waals surface area contributed by atoms with Crippen molar-refractivity contribution in [1.29, 1.82) is 0 Å². The van der Waals surface area contributed by atoms with Gasteiger partial charge < -0.3 is 14.2 Å². The molecule has 0 N–H and O–H groups in total. The predicted molar refractivity (Wildman–Crippen MR) is 335 cm³/mol. The zero-order valence-electron chi connectivity index (χ0n) is 51.7. The van der Waals surface area contributed by atoms with Gasteiger partial charge in [0.15, 0.2) is 6.10 Å². The molecule has 0 spiro atoms. The van der Waals surface area contributed by atoms with Gasteiger partial charge in [-0.1, -0.05) is 320 Å². The number of ether oxygens (including phenoxy) is 3. The summed E-state index contributed by atoms with van der Waals surface area (Å²) < 4.78 is 16.9. The molecule has 0 aromatic rings. The van der Waals surface area contributed by atoms with Crippen LogP contribution in [0.25, 0.3) is 0 Å². The third-order valence-electron chi connectivity index (χ3n) is 15.3. The highest BCUT2D eigenvalue weighted by molar-refractivity contribution is 5.71. The van der Waals surface area contributed by atoms with E-state index in [-0.39, 0.29) is 31.1 Å². The Morgan fingerprint density at radius 1 is 0.273 bits per heavy atom. The molecule has 6 heteroatoms. The van der Waals surface area contributed by atoms with E-state index < -0.39 is 6.10 Å². The molecule has 0 saturated carbocycles. The molecule has 0 aliphatic carbocycles. The molecule has 6 nitrogen and oxygen atoms in total. The molecule has 0 rings (SSSR count). The summed E-state index contributed by atoms with van der Waals surface area (Å²) in [6.45, 7) is 6.54. The number of carbonyl (C=O) groups excluding carboxylic acids is 3. The van der Waals surface area contributed by atoms with Crippen LogP contribution in [0.15, 0.2) is 48.6 Å². The molecule has 0 heterocycles. The molecule has 1 atom stereocenters. The fourth-order valence-corrected chi connectivity index (χ4v) is 10.2. The summed E-state index contributed by atoms with van der Waals surface area (Å²) in [5.74, 6) is -0.877. The summed E-state index contributed by atoms with van der Waals surface area (Å²) in [7, 11) is 0. The maximum Gasteiger partial charge on any atom is 0.306 e. The standard InChI is InChI=1S/C71H130O6/c1-4-7-10-13-16-19-21-23-25-26-27-28-29-30-31-32-33-34-35-36-37-38-39-40-41-42-43-44-46-47-49-52-55-58-61-64-70(73)76-67-68(66-75-69(72)63-60-57-54-51-18-15-12-9-6-3)77-71(74)65-62-59-56-53-50-48-45-24-22-20-17-14-11-8-5-2/h8,11,17,20,24,26-27,45,68H,4-7,9-10,12-16,18-19,21-23,25,28-44,46-67H2,1-3H3/b11-8-,20-17-,27-26-,45-24-. The molecule has 0 aromatic heterocycles. The molecule has 0 aliphatic rings. The van der Waals surface area contributed by atoms with Crippen LogP contribution in [-0.4, -0.2) is 37.2 Å². The number of carbonyl (C=O) groups is 3. The predicted octanol–water partition coefficient (Wildman–Crippen LogP) is 23.3. The summed E-state index contributed by atoms with van der Waals surface area (Å²) in [4.78, 5) is 38.1. The summed E-state index contributed by atoms with van der Waals surface area (Å²) in [6, 6.07) is 0. The van der Waals surface area contributed by atoms with Crippen molar-refractivity contribution < 1.29 is 28.6 Å². The van der Waals surface area contributed by atoms with Crippen molar-refractivity contribution in [2.45, 2.75) is 374 Å². The van der Waals surface area contributed by atoms with Crippen molar-refractivity contribution in [3.8, 4) is 0 Å². The van der Waals surface area contributed by atoms with Gasteiger partial charge in [-0.2, -0.15) is 0 Å². The lowest BCUT2D eigenvalue weighted by Gasteiger charge is -2.18. The van der Waals surface area contributed by atoms with E-state index in [9.17, 15) is 14.4 Å². The first kappa shape index (κ1) is 74.4. The Kier molecular flexibility index (Phi) is 63.6. The van der Waals surface area contributed by atoms with E-state index in [0.29, 0.717) is 19.3 Å². The van der Waals surface area contributed by atoms with Gasteiger partial charge in [0, 0.05) is 19.3 Å². The second-order valence-electron chi connectivity index (χ2n) is 23.1. The second kappa shape index (κ2) is 65.9. The normalized spacial score (nSPS) is 12.3. The first-order valence-corrected chi connectivity index (χ1v) is 34.1. The Bertz CT molecular complexity index is 1330. The number of rotatable bonds is 63. The first-order chi connectivity index (χ1) is 38.0. The summed E-state index contributed by atoms with van der Waals surface area (Å²) >= 11 is 0. The largest absolute Gasteiger partial charge is 0.462 e. The molecule has 1 unspecified atom stereocenters. The van der Waals surface area contributed by atoms with Crippen molar-refractivity contribution in [3.63, 3.8) is 0 Å². The molecule has 0 aliphatic heterocycles. The van der Waals surface area contributed by atoms with Crippen LogP contribution in [0.2, 0.25) is 0 Å². The minimum Gasteiger partial charge on any atom is -0.462 e. The number of unbranched alkanes of at least 4 members (excludes halogenated alkanes) is 44. The molecule has 0 amide bonds. The highest BCUT2D eigenvalue weighted by Gasteiger charge is 2.19. The van der Waals surface area contributed by atoms with Crippen LogP contribution in [0.1, 0.15) is 367 Å². The highest BCUT2D eigenvalue weighted by Crippen LogP contribution is 2.18. The lowest BCUT2D eigenvalue weighted by molar-refractivity contribution is -0.167. The van der Waals surface area contributed by atoms with Gasteiger partial charge in [-0.05, 0) is 77.0 Å². The number of esters is 3. The van der Waals surface area contributed by atoms with Crippen molar-refractivity contribution in [1.82, 2.24) is 0 Å². The Morgan fingerprint density at radius 3 is 0.805 bits per heavy atom.